The first-order valence-electron chi connectivity index (χ1n) is 10.1. The Hall–Kier alpha value is -2.66. The summed E-state index contributed by atoms with van der Waals surface area (Å²) in [5, 5.41) is 10.7. The number of carbonyl (C=O) groups excluding carboxylic acids is 1. The van der Waals surface area contributed by atoms with Crippen molar-refractivity contribution in [3.63, 3.8) is 0 Å². The maximum atomic E-state index is 12.8. The van der Waals surface area contributed by atoms with Crippen LogP contribution >= 0.6 is 39.1 Å². The number of methoxy groups -OCH3 is 1. The summed E-state index contributed by atoms with van der Waals surface area (Å²) < 4.78 is 17.8. The second-order valence-electron chi connectivity index (χ2n) is 7.61. The SMILES string of the molecule is COc1cc([C@@H]2C(C#N)=C(N)OC3=C2C(=O)CCC3)cc(Br)c1OCc1ccc(Cl)c(Cl)c1. The average Bonchev–Trinajstić information content (AvgIpc) is 2.79. The minimum atomic E-state index is -0.638. The van der Waals surface area contributed by atoms with Gasteiger partial charge in [0.05, 0.1) is 27.5 Å². The Bertz CT molecular complexity index is 1250. The topological polar surface area (TPSA) is 94.6 Å². The normalized spacial score (nSPS) is 17.9. The number of halogens is 3. The second kappa shape index (κ2) is 9.68. The Balaban J connectivity index is 1.72. The third kappa shape index (κ3) is 4.56. The molecular weight excluding hydrogens is 531 g/mol. The lowest BCUT2D eigenvalue weighted by molar-refractivity contribution is -0.116. The number of ketones is 1. The Morgan fingerprint density at radius 1 is 1.24 bits per heavy atom. The van der Waals surface area contributed by atoms with Crippen LogP contribution < -0.4 is 15.2 Å². The maximum Gasteiger partial charge on any atom is 0.205 e. The number of nitriles is 1. The molecule has 2 aromatic rings. The Labute approximate surface area is 209 Å². The molecule has 0 saturated carbocycles. The standard InChI is InChI=1S/C24H19BrCl2N2O4/c1-31-20-9-13(8-15(25)23(20)32-11-12-5-6-16(26)17(27)7-12)21-14(10-28)24(29)33-19-4-2-3-18(30)22(19)21/h5-9,21H,2-4,11,29H2,1H3/t21-/m1/s1. The lowest BCUT2D eigenvalue weighted by atomic mass is 9.77. The van der Waals surface area contributed by atoms with Gasteiger partial charge in [0.15, 0.2) is 17.3 Å². The van der Waals surface area contributed by atoms with Gasteiger partial charge >= 0.3 is 0 Å². The van der Waals surface area contributed by atoms with Crippen molar-refractivity contribution in [1.29, 1.82) is 5.26 Å². The number of allylic oxidation sites excluding steroid dienone is 3. The molecule has 0 aromatic heterocycles. The van der Waals surface area contributed by atoms with E-state index >= 15 is 0 Å². The molecule has 1 aliphatic carbocycles. The highest BCUT2D eigenvalue weighted by Gasteiger charge is 2.38. The zero-order valence-corrected chi connectivity index (χ0v) is 20.7. The molecule has 1 atom stereocenters. The van der Waals surface area contributed by atoms with Crippen LogP contribution in [0.1, 0.15) is 36.3 Å². The molecule has 2 aliphatic rings. The largest absolute Gasteiger partial charge is 0.493 e. The lowest BCUT2D eigenvalue weighted by Crippen LogP contribution is -2.27. The van der Waals surface area contributed by atoms with E-state index in [2.05, 4.69) is 22.0 Å². The fourth-order valence-corrected chi connectivity index (χ4v) is 4.92. The summed E-state index contributed by atoms with van der Waals surface area (Å²) in [5.41, 5.74) is 8.22. The first kappa shape index (κ1) is 23.5. The van der Waals surface area contributed by atoms with Gasteiger partial charge in [-0.3, -0.25) is 4.79 Å². The van der Waals surface area contributed by atoms with Crippen LogP contribution in [0.5, 0.6) is 11.5 Å². The highest BCUT2D eigenvalue weighted by molar-refractivity contribution is 9.10. The number of ether oxygens (including phenoxy) is 3. The molecule has 0 fully saturated rings. The smallest absolute Gasteiger partial charge is 0.205 e. The first-order valence-corrected chi connectivity index (χ1v) is 11.7. The summed E-state index contributed by atoms with van der Waals surface area (Å²) >= 11 is 15.6. The van der Waals surface area contributed by atoms with Gasteiger partial charge in [-0.2, -0.15) is 5.26 Å². The number of hydrogen-bond donors (Lipinski definition) is 1. The summed E-state index contributed by atoms with van der Waals surface area (Å²) in [4.78, 5) is 12.8. The van der Waals surface area contributed by atoms with Gasteiger partial charge < -0.3 is 19.9 Å². The van der Waals surface area contributed by atoms with Crippen LogP contribution in [0.25, 0.3) is 0 Å². The van der Waals surface area contributed by atoms with Crippen molar-refractivity contribution in [2.75, 3.05) is 7.11 Å². The molecule has 33 heavy (non-hydrogen) atoms. The molecule has 4 rings (SSSR count). The molecular formula is C24H19BrCl2N2O4. The van der Waals surface area contributed by atoms with Crippen LogP contribution in [-0.4, -0.2) is 12.9 Å². The predicted molar refractivity (Wildman–Crippen MR) is 128 cm³/mol. The Kier molecular flexibility index (Phi) is 6.89. The molecule has 0 radical (unpaired) electrons. The minimum Gasteiger partial charge on any atom is -0.493 e. The van der Waals surface area contributed by atoms with E-state index in [1.165, 1.54) is 7.11 Å². The molecule has 0 saturated heterocycles. The van der Waals surface area contributed by atoms with Gasteiger partial charge in [0.25, 0.3) is 0 Å². The number of carbonyl (C=O) groups is 1. The van der Waals surface area contributed by atoms with Crippen LogP contribution in [0, 0.1) is 11.3 Å². The van der Waals surface area contributed by atoms with Crippen molar-refractivity contribution in [2.45, 2.75) is 31.8 Å². The lowest BCUT2D eigenvalue weighted by Gasteiger charge is -2.31. The number of nitrogens with two attached hydrogens (primary N) is 1. The van der Waals surface area contributed by atoms with Crippen molar-refractivity contribution in [2.24, 2.45) is 5.73 Å². The average molecular weight is 550 g/mol. The molecule has 1 aliphatic heterocycles. The van der Waals surface area contributed by atoms with E-state index in [-0.39, 0.29) is 23.8 Å². The van der Waals surface area contributed by atoms with E-state index in [1.54, 1.807) is 24.3 Å². The van der Waals surface area contributed by atoms with Crippen molar-refractivity contribution >= 4 is 44.9 Å². The molecule has 0 amide bonds. The number of benzene rings is 2. The Morgan fingerprint density at radius 2 is 2.03 bits per heavy atom. The highest BCUT2D eigenvalue weighted by Crippen LogP contribution is 2.47. The Morgan fingerprint density at radius 3 is 2.73 bits per heavy atom. The summed E-state index contributed by atoms with van der Waals surface area (Å²) in [6.07, 6.45) is 1.69. The van der Waals surface area contributed by atoms with Gasteiger partial charge in [-0.05, 0) is 57.7 Å². The number of hydrogen-bond acceptors (Lipinski definition) is 6. The summed E-state index contributed by atoms with van der Waals surface area (Å²) in [7, 11) is 1.52. The monoisotopic (exact) mass is 548 g/mol. The molecule has 1 heterocycles. The minimum absolute atomic E-state index is 0.0194. The van der Waals surface area contributed by atoms with E-state index in [1.807, 2.05) is 6.07 Å². The van der Waals surface area contributed by atoms with E-state index in [9.17, 15) is 10.1 Å². The molecule has 6 nitrogen and oxygen atoms in total. The van der Waals surface area contributed by atoms with Gasteiger partial charge in [0, 0.05) is 18.4 Å². The quantitative estimate of drug-likeness (QED) is 0.480. The second-order valence-corrected chi connectivity index (χ2v) is 9.28. The third-order valence-corrected chi connectivity index (χ3v) is 6.89. The van der Waals surface area contributed by atoms with Crippen LogP contribution in [0.3, 0.4) is 0 Å². The van der Waals surface area contributed by atoms with Crippen LogP contribution in [0.2, 0.25) is 10.0 Å². The fourth-order valence-electron chi connectivity index (χ4n) is 4.02. The molecule has 0 spiro atoms. The molecule has 0 unspecified atom stereocenters. The molecule has 9 heteroatoms. The van der Waals surface area contributed by atoms with Gasteiger partial charge in [0.2, 0.25) is 5.88 Å². The summed E-state index contributed by atoms with van der Waals surface area (Å²) in [6, 6.07) is 10.9. The van der Waals surface area contributed by atoms with E-state index in [0.29, 0.717) is 62.2 Å². The van der Waals surface area contributed by atoms with Gasteiger partial charge in [-0.25, -0.2) is 0 Å². The molecule has 2 N–H and O–H groups in total. The fraction of sp³-hybridized carbons (Fsp3) is 0.250. The molecule has 170 valence electrons. The highest BCUT2D eigenvalue weighted by atomic mass is 79.9. The maximum absolute atomic E-state index is 12.8. The third-order valence-electron chi connectivity index (χ3n) is 5.56. The van der Waals surface area contributed by atoms with Crippen molar-refractivity contribution in [3.8, 4) is 17.6 Å². The van der Waals surface area contributed by atoms with E-state index < -0.39 is 5.92 Å². The van der Waals surface area contributed by atoms with Gasteiger partial charge in [-0.15, -0.1) is 0 Å². The number of nitrogens with zero attached hydrogens (tertiary/aromatic N) is 1. The van der Waals surface area contributed by atoms with Crippen LogP contribution in [0.4, 0.5) is 0 Å². The van der Waals surface area contributed by atoms with E-state index in [0.717, 1.165) is 5.56 Å². The zero-order chi connectivity index (χ0) is 23.7. The summed E-state index contributed by atoms with van der Waals surface area (Å²) in [6.45, 7) is 0.229. The molecule has 0 bridgehead atoms. The zero-order valence-electron chi connectivity index (χ0n) is 17.6. The summed E-state index contributed by atoms with van der Waals surface area (Å²) in [5.74, 6) is 0.775. The molecule has 2 aromatic carbocycles. The number of Topliss-reactive ketones (excluding diaryl/α,β-unsaturated/α-hetero) is 1. The predicted octanol–water partition coefficient (Wildman–Crippen LogP) is 6.16. The van der Waals surface area contributed by atoms with Crippen LogP contribution in [0.15, 0.2) is 57.6 Å². The van der Waals surface area contributed by atoms with Crippen LogP contribution in [-0.2, 0) is 16.1 Å². The number of rotatable bonds is 5. The first-order chi connectivity index (χ1) is 15.8. The van der Waals surface area contributed by atoms with E-state index in [4.69, 9.17) is 43.1 Å². The van der Waals surface area contributed by atoms with Gasteiger partial charge in [0.1, 0.15) is 24.0 Å². The van der Waals surface area contributed by atoms with Crippen molar-refractivity contribution < 1.29 is 19.0 Å². The van der Waals surface area contributed by atoms with Crippen molar-refractivity contribution in [1.82, 2.24) is 0 Å². The van der Waals surface area contributed by atoms with Gasteiger partial charge in [-0.1, -0.05) is 29.3 Å². The van der Waals surface area contributed by atoms with Crippen molar-refractivity contribution in [3.05, 3.63) is 78.8 Å².